The molecule has 100 valence electrons. The van der Waals surface area contributed by atoms with Crippen LogP contribution in [0.15, 0.2) is 18.2 Å². The van der Waals surface area contributed by atoms with Crippen molar-refractivity contribution in [3.63, 3.8) is 0 Å². The van der Waals surface area contributed by atoms with Crippen LogP contribution in [0.1, 0.15) is 24.8 Å². The minimum atomic E-state index is 0.871. The number of nitrogen functional groups attached to an aromatic ring is 1. The molecule has 0 spiro atoms. The van der Waals surface area contributed by atoms with E-state index < -0.39 is 0 Å². The zero-order valence-corrected chi connectivity index (χ0v) is 11.6. The second kappa shape index (κ2) is 6.10. The van der Waals surface area contributed by atoms with Crippen LogP contribution < -0.4 is 11.1 Å². The standard InChI is InChI=1S/C15H25N3/c1-12-11-14(3-4-15(12)16)17-8-5-13-6-9-18(2)10-7-13/h3-4,11,13,17H,5-10,16H2,1-2H3. The van der Waals surface area contributed by atoms with Crippen molar-refractivity contribution in [3.05, 3.63) is 23.8 Å². The van der Waals surface area contributed by atoms with E-state index in [4.69, 9.17) is 5.73 Å². The molecule has 1 aliphatic rings. The minimum Gasteiger partial charge on any atom is -0.399 e. The van der Waals surface area contributed by atoms with Gasteiger partial charge in [-0.15, -0.1) is 0 Å². The molecule has 0 atom stereocenters. The Kier molecular flexibility index (Phi) is 4.48. The number of rotatable bonds is 4. The van der Waals surface area contributed by atoms with Crippen LogP contribution in [0.25, 0.3) is 0 Å². The third-order valence-corrected chi connectivity index (χ3v) is 3.99. The highest BCUT2D eigenvalue weighted by molar-refractivity contribution is 5.56. The Labute approximate surface area is 110 Å². The lowest BCUT2D eigenvalue weighted by Gasteiger charge is -2.29. The number of piperidine rings is 1. The Hall–Kier alpha value is -1.22. The van der Waals surface area contributed by atoms with Crippen molar-refractivity contribution >= 4 is 11.4 Å². The molecule has 1 heterocycles. The van der Waals surface area contributed by atoms with Crippen molar-refractivity contribution in [3.8, 4) is 0 Å². The van der Waals surface area contributed by atoms with Crippen LogP contribution in [-0.2, 0) is 0 Å². The first-order chi connectivity index (χ1) is 8.65. The van der Waals surface area contributed by atoms with E-state index >= 15 is 0 Å². The van der Waals surface area contributed by atoms with E-state index in [1.807, 2.05) is 6.07 Å². The first-order valence-corrected chi connectivity index (χ1v) is 6.93. The number of likely N-dealkylation sites (tertiary alicyclic amines) is 1. The summed E-state index contributed by atoms with van der Waals surface area (Å²) in [6.07, 6.45) is 3.97. The quantitative estimate of drug-likeness (QED) is 0.804. The Bertz CT molecular complexity index is 381. The normalized spacial score (nSPS) is 17.9. The summed E-state index contributed by atoms with van der Waals surface area (Å²) >= 11 is 0. The van der Waals surface area contributed by atoms with Crippen molar-refractivity contribution < 1.29 is 0 Å². The van der Waals surface area contributed by atoms with E-state index in [9.17, 15) is 0 Å². The van der Waals surface area contributed by atoms with Gasteiger partial charge in [-0.05, 0) is 76.0 Å². The predicted molar refractivity (Wildman–Crippen MR) is 78.9 cm³/mol. The lowest BCUT2D eigenvalue weighted by atomic mass is 9.94. The van der Waals surface area contributed by atoms with Gasteiger partial charge in [-0.2, -0.15) is 0 Å². The highest BCUT2D eigenvalue weighted by Crippen LogP contribution is 2.20. The third kappa shape index (κ3) is 3.64. The monoisotopic (exact) mass is 247 g/mol. The van der Waals surface area contributed by atoms with Crippen LogP contribution in [0.3, 0.4) is 0 Å². The van der Waals surface area contributed by atoms with E-state index in [1.54, 1.807) is 0 Å². The molecule has 1 aliphatic heterocycles. The summed E-state index contributed by atoms with van der Waals surface area (Å²) in [4.78, 5) is 2.42. The molecular formula is C15H25N3. The lowest BCUT2D eigenvalue weighted by molar-refractivity contribution is 0.215. The molecule has 1 saturated heterocycles. The van der Waals surface area contributed by atoms with E-state index in [-0.39, 0.29) is 0 Å². The van der Waals surface area contributed by atoms with Crippen LogP contribution >= 0.6 is 0 Å². The SMILES string of the molecule is Cc1cc(NCCC2CCN(C)CC2)ccc1N. The molecule has 3 heteroatoms. The summed E-state index contributed by atoms with van der Waals surface area (Å²) in [5.41, 5.74) is 9.03. The molecule has 1 aromatic carbocycles. The summed E-state index contributed by atoms with van der Waals surface area (Å²) < 4.78 is 0. The first kappa shape index (κ1) is 13.2. The third-order valence-electron chi connectivity index (χ3n) is 3.99. The molecule has 0 aliphatic carbocycles. The smallest absolute Gasteiger partial charge is 0.0345 e. The molecule has 1 aromatic rings. The second-order valence-electron chi connectivity index (χ2n) is 5.53. The molecule has 0 saturated carbocycles. The van der Waals surface area contributed by atoms with Gasteiger partial charge >= 0.3 is 0 Å². The number of anilines is 2. The Morgan fingerprint density at radius 1 is 1.33 bits per heavy atom. The Morgan fingerprint density at radius 2 is 2.06 bits per heavy atom. The largest absolute Gasteiger partial charge is 0.399 e. The highest BCUT2D eigenvalue weighted by Gasteiger charge is 2.15. The lowest BCUT2D eigenvalue weighted by Crippen LogP contribution is -2.30. The molecule has 3 N–H and O–H groups in total. The molecule has 3 nitrogen and oxygen atoms in total. The molecule has 1 fully saturated rings. The van der Waals surface area contributed by atoms with Gasteiger partial charge in [0.2, 0.25) is 0 Å². The molecule has 18 heavy (non-hydrogen) atoms. The van der Waals surface area contributed by atoms with Crippen LogP contribution in [0.2, 0.25) is 0 Å². The van der Waals surface area contributed by atoms with Crippen molar-refractivity contribution in [2.24, 2.45) is 5.92 Å². The number of nitrogens with two attached hydrogens (primary N) is 1. The summed E-state index contributed by atoms with van der Waals surface area (Å²) in [5.74, 6) is 0.892. The van der Waals surface area contributed by atoms with Gasteiger partial charge in [-0.3, -0.25) is 0 Å². The van der Waals surface area contributed by atoms with Gasteiger partial charge in [0.05, 0.1) is 0 Å². The number of aryl methyl sites for hydroxylation is 1. The number of hydrogen-bond acceptors (Lipinski definition) is 3. The van der Waals surface area contributed by atoms with Crippen molar-refractivity contribution in [2.75, 3.05) is 37.7 Å². The molecule has 0 bridgehead atoms. The van der Waals surface area contributed by atoms with Gasteiger partial charge in [0.1, 0.15) is 0 Å². The average molecular weight is 247 g/mol. The molecule has 0 amide bonds. The average Bonchev–Trinajstić information content (AvgIpc) is 2.36. The maximum absolute atomic E-state index is 5.81. The maximum atomic E-state index is 5.81. The summed E-state index contributed by atoms with van der Waals surface area (Å²) in [5, 5.41) is 3.50. The second-order valence-corrected chi connectivity index (χ2v) is 5.53. The van der Waals surface area contributed by atoms with E-state index in [1.165, 1.54) is 38.0 Å². The van der Waals surface area contributed by atoms with Gasteiger partial charge in [0, 0.05) is 17.9 Å². The fourth-order valence-corrected chi connectivity index (χ4v) is 2.56. The summed E-state index contributed by atoms with van der Waals surface area (Å²) in [6.45, 7) is 5.63. The molecule has 0 radical (unpaired) electrons. The summed E-state index contributed by atoms with van der Waals surface area (Å²) in [6, 6.07) is 6.17. The van der Waals surface area contributed by atoms with Gasteiger partial charge < -0.3 is 16.0 Å². The van der Waals surface area contributed by atoms with E-state index in [2.05, 4.69) is 36.3 Å². The molecule has 0 aromatic heterocycles. The molecule has 0 unspecified atom stereocenters. The number of hydrogen-bond donors (Lipinski definition) is 2. The van der Waals surface area contributed by atoms with Gasteiger partial charge in [0.25, 0.3) is 0 Å². The fourth-order valence-electron chi connectivity index (χ4n) is 2.56. The topological polar surface area (TPSA) is 41.3 Å². The van der Waals surface area contributed by atoms with Gasteiger partial charge in [0.15, 0.2) is 0 Å². The van der Waals surface area contributed by atoms with Gasteiger partial charge in [-0.25, -0.2) is 0 Å². The predicted octanol–water partition coefficient (Wildman–Crippen LogP) is 2.72. The number of benzene rings is 1. The van der Waals surface area contributed by atoms with Crippen LogP contribution in [0.5, 0.6) is 0 Å². The van der Waals surface area contributed by atoms with Crippen molar-refractivity contribution in [2.45, 2.75) is 26.2 Å². The zero-order valence-electron chi connectivity index (χ0n) is 11.6. The molecular weight excluding hydrogens is 222 g/mol. The molecule has 2 rings (SSSR count). The van der Waals surface area contributed by atoms with Gasteiger partial charge in [-0.1, -0.05) is 0 Å². The number of nitrogens with one attached hydrogen (secondary N) is 1. The van der Waals surface area contributed by atoms with Crippen molar-refractivity contribution in [1.29, 1.82) is 0 Å². The zero-order chi connectivity index (χ0) is 13.0. The van der Waals surface area contributed by atoms with Crippen molar-refractivity contribution in [1.82, 2.24) is 4.90 Å². The van der Waals surface area contributed by atoms with Crippen LogP contribution in [0.4, 0.5) is 11.4 Å². The first-order valence-electron chi connectivity index (χ1n) is 6.93. The highest BCUT2D eigenvalue weighted by atomic mass is 15.1. The fraction of sp³-hybridized carbons (Fsp3) is 0.600. The van der Waals surface area contributed by atoms with Crippen LogP contribution in [-0.4, -0.2) is 31.6 Å². The van der Waals surface area contributed by atoms with E-state index in [0.29, 0.717) is 0 Å². The minimum absolute atomic E-state index is 0.871. The van der Waals surface area contributed by atoms with E-state index in [0.717, 1.165) is 23.7 Å². The summed E-state index contributed by atoms with van der Waals surface area (Å²) in [7, 11) is 2.21. The Balaban J connectivity index is 1.73. The maximum Gasteiger partial charge on any atom is 0.0345 e. The van der Waals surface area contributed by atoms with Crippen LogP contribution in [0, 0.1) is 12.8 Å². The Morgan fingerprint density at radius 3 is 2.72 bits per heavy atom. The number of nitrogens with zero attached hydrogens (tertiary/aromatic N) is 1.